The quantitative estimate of drug-likeness (QED) is 0.814. The van der Waals surface area contributed by atoms with E-state index in [2.05, 4.69) is 6.92 Å². The second kappa shape index (κ2) is 6.87. The number of hydrogen-bond donors (Lipinski definition) is 1. The van der Waals surface area contributed by atoms with Crippen molar-refractivity contribution < 1.29 is 13.0 Å². The highest BCUT2D eigenvalue weighted by atomic mass is 32.2. The van der Waals surface area contributed by atoms with Gasteiger partial charge in [0.25, 0.3) is 10.1 Å². The van der Waals surface area contributed by atoms with Crippen molar-refractivity contribution in [3.63, 3.8) is 0 Å². The first-order chi connectivity index (χ1) is 9.98. The van der Waals surface area contributed by atoms with Crippen molar-refractivity contribution in [2.45, 2.75) is 30.9 Å². The first-order valence-electron chi connectivity index (χ1n) is 7.04. The SMILES string of the molecule is CC(CCC(c1ccccc1)S(=O)(=O)O)c1ccccc1. The molecule has 0 saturated heterocycles. The summed E-state index contributed by atoms with van der Waals surface area (Å²) in [7, 11) is -4.10. The summed E-state index contributed by atoms with van der Waals surface area (Å²) in [5.41, 5.74) is 1.82. The summed E-state index contributed by atoms with van der Waals surface area (Å²) in [5.74, 6) is 0.249. The van der Waals surface area contributed by atoms with Gasteiger partial charge in [0.15, 0.2) is 0 Å². The van der Waals surface area contributed by atoms with Crippen LogP contribution in [-0.4, -0.2) is 13.0 Å². The second-order valence-corrected chi connectivity index (χ2v) is 6.90. The molecule has 0 heterocycles. The van der Waals surface area contributed by atoms with Crippen molar-refractivity contribution in [2.75, 3.05) is 0 Å². The van der Waals surface area contributed by atoms with E-state index < -0.39 is 15.4 Å². The van der Waals surface area contributed by atoms with E-state index in [-0.39, 0.29) is 5.92 Å². The number of hydrogen-bond acceptors (Lipinski definition) is 2. The van der Waals surface area contributed by atoms with E-state index in [1.165, 1.54) is 5.56 Å². The van der Waals surface area contributed by atoms with Gasteiger partial charge in [0.2, 0.25) is 0 Å². The first-order valence-corrected chi connectivity index (χ1v) is 8.55. The summed E-state index contributed by atoms with van der Waals surface area (Å²) in [4.78, 5) is 0. The third kappa shape index (κ3) is 4.41. The molecule has 0 radical (unpaired) electrons. The van der Waals surface area contributed by atoms with Gasteiger partial charge >= 0.3 is 0 Å². The van der Waals surface area contributed by atoms with Crippen LogP contribution < -0.4 is 0 Å². The van der Waals surface area contributed by atoms with E-state index in [4.69, 9.17) is 0 Å². The Hall–Kier alpha value is -1.65. The number of benzene rings is 2. The lowest BCUT2D eigenvalue weighted by Crippen LogP contribution is -2.13. The minimum absolute atomic E-state index is 0.249. The van der Waals surface area contributed by atoms with E-state index in [0.717, 1.165) is 0 Å². The average Bonchev–Trinajstić information content (AvgIpc) is 2.48. The molecule has 0 aliphatic carbocycles. The summed E-state index contributed by atoms with van der Waals surface area (Å²) < 4.78 is 32.8. The highest BCUT2D eigenvalue weighted by Gasteiger charge is 2.25. The molecule has 2 atom stereocenters. The molecule has 112 valence electrons. The molecule has 4 heteroatoms. The van der Waals surface area contributed by atoms with Gasteiger partial charge in [-0.3, -0.25) is 4.55 Å². The fourth-order valence-electron chi connectivity index (χ4n) is 2.50. The second-order valence-electron chi connectivity index (χ2n) is 5.30. The Morgan fingerprint density at radius 1 is 0.857 bits per heavy atom. The van der Waals surface area contributed by atoms with Gasteiger partial charge in [-0.15, -0.1) is 0 Å². The third-order valence-electron chi connectivity index (χ3n) is 3.76. The van der Waals surface area contributed by atoms with Crippen LogP contribution in [0, 0.1) is 0 Å². The van der Waals surface area contributed by atoms with E-state index in [0.29, 0.717) is 18.4 Å². The zero-order chi connectivity index (χ0) is 15.3. The normalized spacial score (nSPS) is 14.6. The van der Waals surface area contributed by atoms with Gasteiger partial charge in [0.05, 0.1) is 0 Å². The summed E-state index contributed by atoms with van der Waals surface area (Å²) in [6.45, 7) is 2.07. The lowest BCUT2D eigenvalue weighted by atomic mass is 9.94. The van der Waals surface area contributed by atoms with Gasteiger partial charge in [-0.25, -0.2) is 0 Å². The fraction of sp³-hybridized carbons (Fsp3) is 0.294. The van der Waals surface area contributed by atoms with Gasteiger partial charge in [0, 0.05) is 0 Å². The van der Waals surface area contributed by atoms with Crippen molar-refractivity contribution in [1.29, 1.82) is 0 Å². The highest BCUT2D eigenvalue weighted by molar-refractivity contribution is 7.86. The molecule has 0 bridgehead atoms. The van der Waals surface area contributed by atoms with E-state index in [1.54, 1.807) is 24.3 Å². The maximum Gasteiger partial charge on any atom is 0.271 e. The topological polar surface area (TPSA) is 54.4 Å². The molecular formula is C17H20O3S. The molecule has 0 aromatic heterocycles. The van der Waals surface area contributed by atoms with Crippen LogP contribution in [0.1, 0.15) is 42.1 Å². The van der Waals surface area contributed by atoms with Crippen LogP contribution >= 0.6 is 0 Å². The maximum atomic E-state index is 11.6. The molecule has 2 unspecified atom stereocenters. The standard InChI is InChI=1S/C17H20O3S/c1-14(15-8-4-2-5-9-15)12-13-17(21(18,19)20)16-10-6-3-7-11-16/h2-11,14,17H,12-13H2,1H3,(H,18,19,20). The molecule has 21 heavy (non-hydrogen) atoms. The monoisotopic (exact) mass is 304 g/mol. The summed E-state index contributed by atoms with van der Waals surface area (Å²) in [6.07, 6.45) is 1.10. The summed E-state index contributed by atoms with van der Waals surface area (Å²) >= 11 is 0. The molecule has 0 saturated carbocycles. The molecule has 1 N–H and O–H groups in total. The molecule has 0 aliphatic rings. The molecule has 2 aromatic carbocycles. The van der Waals surface area contributed by atoms with Crippen LogP contribution in [-0.2, 0) is 10.1 Å². The maximum absolute atomic E-state index is 11.6. The fourth-order valence-corrected chi connectivity index (χ4v) is 3.44. The largest absolute Gasteiger partial charge is 0.285 e. The average molecular weight is 304 g/mol. The smallest absolute Gasteiger partial charge is 0.271 e. The Morgan fingerprint density at radius 2 is 1.33 bits per heavy atom. The lowest BCUT2D eigenvalue weighted by Gasteiger charge is -2.17. The van der Waals surface area contributed by atoms with E-state index in [1.807, 2.05) is 36.4 Å². The van der Waals surface area contributed by atoms with Crippen LogP contribution in [0.25, 0.3) is 0 Å². The molecule has 3 nitrogen and oxygen atoms in total. The molecule has 2 rings (SSSR count). The zero-order valence-corrected chi connectivity index (χ0v) is 12.8. The summed E-state index contributed by atoms with van der Waals surface area (Å²) in [6, 6.07) is 18.9. The van der Waals surface area contributed by atoms with Crippen molar-refractivity contribution in [3.05, 3.63) is 71.8 Å². The Kier molecular flexibility index (Phi) is 5.15. The van der Waals surface area contributed by atoms with Gasteiger partial charge < -0.3 is 0 Å². The van der Waals surface area contributed by atoms with Gasteiger partial charge in [-0.1, -0.05) is 67.6 Å². The minimum atomic E-state index is -4.10. The molecule has 2 aromatic rings. The number of rotatable bonds is 6. The van der Waals surface area contributed by atoms with E-state index >= 15 is 0 Å². The van der Waals surface area contributed by atoms with Crippen molar-refractivity contribution in [2.24, 2.45) is 0 Å². The van der Waals surface area contributed by atoms with Gasteiger partial charge in [-0.2, -0.15) is 8.42 Å². The van der Waals surface area contributed by atoms with Crippen LogP contribution in [0.4, 0.5) is 0 Å². The van der Waals surface area contributed by atoms with Crippen LogP contribution in [0.5, 0.6) is 0 Å². The molecule has 0 aliphatic heterocycles. The van der Waals surface area contributed by atoms with Crippen LogP contribution in [0.15, 0.2) is 60.7 Å². The molecule has 0 spiro atoms. The molecular weight excluding hydrogens is 284 g/mol. The zero-order valence-electron chi connectivity index (χ0n) is 12.0. The predicted octanol–water partition coefficient (Wildman–Crippen LogP) is 4.20. The minimum Gasteiger partial charge on any atom is -0.285 e. The van der Waals surface area contributed by atoms with Gasteiger partial charge in [-0.05, 0) is 29.9 Å². The van der Waals surface area contributed by atoms with Crippen LogP contribution in [0.3, 0.4) is 0 Å². The third-order valence-corrected chi connectivity index (χ3v) is 4.99. The highest BCUT2D eigenvalue weighted by Crippen LogP contribution is 2.31. The molecule has 0 fully saturated rings. The Labute approximate surface area is 126 Å². The van der Waals surface area contributed by atoms with Crippen molar-refractivity contribution >= 4 is 10.1 Å². The van der Waals surface area contributed by atoms with Crippen molar-refractivity contribution in [3.8, 4) is 0 Å². The van der Waals surface area contributed by atoms with Crippen LogP contribution in [0.2, 0.25) is 0 Å². The first kappa shape index (κ1) is 15.7. The Morgan fingerprint density at radius 3 is 1.81 bits per heavy atom. The van der Waals surface area contributed by atoms with Gasteiger partial charge in [0.1, 0.15) is 5.25 Å². The summed E-state index contributed by atoms with van der Waals surface area (Å²) in [5, 5.41) is -0.857. The predicted molar refractivity (Wildman–Crippen MR) is 84.8 cm³/mol. The van der Waals surface area contributed by atoms with Crippen molar-refractivity contribution in [1.82, 2.24) is 0 Å². The molecule has 0 amide bonds. The van der Waals surface area contributed by atoms with E-state index in [9.17, 15) is 13.0 Å². The Bertz CT molecular complexity index is 651. The lowest BCUT2D eigenvalue weighted by molar-refractivity contribution is 0.458. The Balaban J connectivity index is 2.11.